The van der Waals surface area contributed by atoms with Gasteiger partial charge in [0, 0.05) is 10.6 Å². The number of nitrogens with one attached hydrogen (secondary N) is 1. The van der Waals surface area contributed by atoms with E-state index in [1.807, 2.05) is 42.5 Å². The number of hydrogen-bond donors (Lipinski definition) is 1. The molecular formula is C19H14Cl2N2O. The minimum absolute atomic E-state index is 0.187. The molecule has 0 aliphatic rings. The van der Waals surface area contributed by atoms with Gasteiger partial charge >= 0.3 is 0 Å². The summed E-state index contributed by atoms with van der Waals surface area (Å²) in [7, 11) is 0. The summed E-state index contributed by atoms with van der Waals surface area (Å²) < 4.78 is 0. The molecule has 0 fully saturated rings. The molecule has 0 saturated heterocycles. The van der Waals surface area contributed by atoms with E-state index in [9.17, 15) is 4.79 Å². The van der Waals surface area contributed by atoms with Gasteiger partial charge in [0.15, 0.2) is 0 Å². The molecule has 3 aromatic rings. The van der Waals surface area contributed by atoms with Crippen molar-refractivity contribution in [3.05, 3.63) is 81.8 Å². The highest BCUT2D eigenvalue weighted by molar-refractivity contribution is 6.36. The van der Waals surface area contributed by atoms with E-state index in [2.05, 4.69) is 10.5 Å². The zero-order chi connectivity index (χ0) is 16.9. The van der Waals surface area contributed by atoms with Crippen LogP contribution in [0.15, 0.2) is 65.8 Å². The summed E-state index contributed by atoms with van der Waals surface area (Å²) in [6.07, 6.45) is 1.76. The molecule has 24 heavy (non-hydrogen) atoms. The van der Waals surface area contributed by atoms with Gasteiger partial charge in [0.25, 0.3) is 0 Å². The first-order valence-corrected chi connectivity index (χ1v) is 8.13. The van der Waals surface area contributed by atoms with Crippen molar-refractivity contribution in [1.82, 2.24) is 5.43 Å². The summed E-state index contributed by atoms with van der Waals surface area (Å²) in [4.78, 5) is 12.1. The lowest BCUT2D eigenvalue weighted by Crippen LogP contribution is -2.19. The Hall–Kier alpha value is -2.36. The number of nitrogens with zero attached hydrogens (tertiary/aromatic N) is 1. The van der Waals surface area contributed by atoms with Crippen molar-refractivity contribution in [2.45, 2.75) is 6.42 Å². The Labute approximate surface area is 149 Å². The quantitative estimate of drug-likeness (QED) is 0.527. The van der Waals surface area contributed by atoms with E-state index in [0.717, 1.165) is 16.3 Å². The number of halogens is 2. The van der Waals surface area contributed by atoms with E-state index in [-0.39, 0.29) is 12.3 Å². The number of fused-ring (bicyclic) bond motifs is 1. The van der Waals surface area contributed by atoms with Crippen molar-refractivity contribution in [2.24, 2.45) is 5.10 Å². The molecule has 0 bridgehead atoms. The Morgan fingerprint density at radius 2 is 1.83 bits per heavy atom. The van der Waals surface area contributed by atoms with Crippen LogP contribution in [0.3, 0.4) is 0 Å². The smallest absolute Gasteiger partial charge is 0.244 e. The van der Waals surface area contributed by atoms with Gasteiger partial charge in [-0.1, -0.05) is 71.7 Å². The second kappa shape index (κ2) is 7.47. The van der Waals surface area contributed by atoms with Gasteiger partial charge in [-0.15, -0.1) is 0 Å². The second-order valence-electron chi connectivity index (χ2n) is 5.27. The van der Waals surface area contributed by atoms with Crippen LogP contribution in [0.5, 0.6) is 0 Å². The SMILES string of the molecule is O=C(Cc1cccc2ccccc12)NN=Cc1ccc(Cl)cc1Cl. The Balaban J connectivity index is 1.68. The predicted molar refractivity (Wildman–Crippen MR) is 99.9 cm³/mol. The molecule has 3 aromatic carbocycles. The lowest BCUT2D eigenvalue weighted by molar-refractivity contribution is -0.120. The largest absolute Gasteiger partial charge is 0.273 e. The Morgan fingerprint density at radius 1 is 1.04 bits per heavy atom. The van der Waals surface area contributed by atoms with Crippen molar-refractivity contribution in [1.29, 1.82) is 0 Å². The maximum absolute atomic E-state index is 12.1. The van der Waals surface area contributed by atoms with E-state index < -0.39 is 0 Å². The molecule has 0 saturated carbocycles. The molecular weight excluding hydrogens is 343 g/mol. The molecule has 0 aromatic heterocycles. The highest BCUT2D eigenvalue weighted by Crippen LogP contribution is 2.20. The molecule has 0 unspecified atom stereocenters. The Morgan fingerprint density at radius 3 is 2.67 bits per heavy atom. The number of hydrogen-bond acceptors (Lipinski definition) is 2. The third-order valence-corrected chi connectivity index (χ3v) is 4.15. The van der Waals surface area contributed by atoms with Crippen molar-refractivity contribution in [2.75, 3.05) is 0 Å². The summed E-state index contributed by atoms with van der Waals surface area (Å²) in [6.45, 7) is 0. The summed E-state index contributed by atoms with van der Waals surface area (Å²) in [5, 5.41) is 7.17. The number of benzene rings is 3. The van der Waals surface area contributed by atoms with Crippen molar-refractivity contribution >= 4 is 46.1 Å². The minimum atomic E-state index is -0.187. The van der Waals surface area contributed by atoms with Gasteiger partial charge in [-0.3, -0.25) is 4.79 Å². The summed E-state index contributed by atoms with van der Waals surface area (Å²) in [5.74, 6) is -0.187. The van der Waals surface area contributed by atoms with E-state index >= 15 is 0 Å². The summed E-state index contributed by atoms with van der Waals surface area (Å²) in [6, 6.07) is 19.0. The molecule has 1 N–H and O–H groups in total. The number of carbonyl (C=O) groups excluding carboxylic acids is 1. The predicted octanol–water partition coefficient (Wildman–Crippen LogP) is 4.84. The van der Waals surface area contributed by atoms with Gasteiger partial charge in [-0.2, -0.15) is 5.10 Å². The van der Waals surface area contributed by atoms with Crippen LogP contribution in [0.25, 0.3) is 10.8 Å². The van der Waals surface area contributed by atoms with E-state index in [1.54, 1.807) is 18.2 Å². The van der Waals surface area contributed by atoms with Crippen LogP contribution in [-0.4, -0.2) is 12.1 Å². The molecule has 0 aliphatic carbocycles. The standard InChI is InChI=1S/C19H14Cl2N2O/c20-16-9-8-15(18(21)11-16)12-22-23-19(24)10-14-6-3-5-13-4-1-2-7-17(13)14/h1-9,11-12H,10H2,(H,23,24). The first-order chi connectivity index (χ1) is 11.6. The summed E-state index contributed by atoms with van der Waals surface area (Å²) >= 11 is 11.9. The van der Waals surface area contributed by atoms with E-state index in [4.69, 9.17) is 23.2 Å². The first kappa shape index (κ1) is 16.5. The van der Waals surface area contributed by atoms with Gasteiger partial charge in [-0.05, 0) is 28.5 Å². The number of amides is 1. The van der Waals surface area contributed by atoms with Gasteiger partial charge in [0.1, 0.15) is 0 Å². The normalized spacial score (nSPS) is 11.1. The second-order valence-corrected chi connectivity index (χ2v) is 6.12. The average molecular weight is 357 g/mol. The zero-order valence-electron chi connectivity index (χ0n) is 12.7. The lowest BCUT2D eigenvalue weighted by Gasteiger charge is -2.05. The van der Waals surface area contributed by atoms with Crippen LogP contribution in [0, 0.1) is 0 Å². The number of rotatable bonds is 4. The highest BCUT2D eigenvalue weighted by atomic mass is 35.5. The van der Waals surface area contributed by atoms with E-state index in [0.29, 0.717) is 15.6 Å². The van der Waals surface area contributed by atoms with Gasteiger partial charge in [0.2, 0.25) is 5.91 Å². The number of hydrazone groups is 1. The molecule has 0 atom stereocenters. The van der Waals surface area contributed by atoms with Gasteiger partial charge in [-0.25, -0.2) is 5.43 Å². The van der Waals surface area contributed by atoms with Crippen LogP contribution in [0.1, 0.15) is 11.1 Å². The fourth-order valence-corrected chi connectivity index (χ4v) is 2.90. The van der Waals surface area contributed by atoms with Gasteiger partial charge in [0.05, 0.1) is 17.7 Å². The molecule has 0 aliphatic heterocycles. The van der Waals surface area contributed by atoms with Crippen molar-refractivity contribution < 1.29 is 4.79 Å². The Kier molecular flexibility index (Phi) is 5.14. The fraction of sp³-hybridized carbons (Fsp3) is 0.0526. The van der Waals surface area contributed by atoms with Crippen LogP contribution in [0.2, 0.25) is 10.0 Å². The Bertz CT molecular complexity index is 917. The van der Waals surface area contributed by atoms with Crippen LogP contribution in [0.4, 0.5) is 0 Å². The maximum Gasteiger partial charge on any atom is 0.244 e. The average Bonchev–Trinajstić information content (AvgIpc) is 2.57. The van der Waals surface area contributed by atoms with Crippen LogP contribution in [-0.2, 0) is 11.2 Å². The third-order valence-electron chi connectivity index (χ3n) is 3.59. The minimum Gasteiger partial charge on any atom is -0.273 e. The number of carbonyl (C=O) groups is 1. The van der Waals surface area contributed by atoms with E-state index in [1.165, 1.54) is 6.21 Å². The molecule has 0 radical (unpaired) electrons. The van der Waals surface area contributed by atoms with Gasteiger partial charge < -0.3 is 0 Å². The monoisotopic (exact) mass is 356 g/mol. The third kappa shape index (κ3) is 3.94. The zero-order valence-corrected chi connectivity index (χ0v) is 14.2. The highest BCUT2D eigenvalue weighted by Gasteiger charge is 2.06. The molecule has 3 nitrogen and oxygen atoms in total. The first-order valence-electron chi connectivity index (χ1n) is 7.37. The van der Waals surface area contributed by atoms with Crippen LogP contribution < -0.4 is 5.43 Å². The molecule has 3 rings (SSSR count). The molecule has 120 valence electrons. The van der Waals surface area contributed by atoms with Crippen LogP contribution >= 0.6 is 23.2 Å². The molecule has 5 heteroatoms. The summed E-state index contributed by atoms with van der Waals surface area (Å²) in [5.41, 5.74) is 4.17. The van der Waals surface area contributed by atoms with Crippen molar-refractivity contribution in [3.63, 3.8) is 0 Å². The molecule has 0 spiro atoms. The topological polar surface area (TPSA) is 41.5 Å². The lowest BCUT2D eigenvalue weighted by atomic mass is 10.0. The molecule has 1 amide bonds. The van der Waals surface area contributed by atoms with Crippen molar-refractivity contribution in [3.8, 4) is 0 Å². The maximum atomic E-state index is 12.1. The molecule has 0 heterocycles. The fourth-order valence-electron chi connectivity index (χ4n) is 2.44.